The van der Waals surface area contributed by atoms with Crippen molar-refractivity contribution in [1.29, 1.82) is 0 Å². The minimum absolute atomic E-state index is 0.0199. The fourth-order valence-electron chi connectivity index (χ4n) is 2.01. The summed E-state index contributed by atoms with van der Waals surface area (Å²) in [6.07, 6.45) is 1.73. The molecule has 0 saturated carbocycles. The summed E-state index contributed by atoms with van der Waals surface area (Å²) in [7, 11) is 0. The summed E-state index contributed by atoms with van der Waals surface area (Å²) in [5.41, 5.74) is 6.80. The smallest absolute Gasteiger partial charge is 0.144 e. The van der Waals surface area contributed by atoms with Crippen molar-refractivity contribution in [3.63, 3.8) is 0 Å². The zero-order valence-corrected chi connectivity index (χ0v) is 13.3. The van der Waals surface area contributed by atoms with Crippen molar-refractivity contribution in [3.05, 3.63) is 52.4 Å². The Bertz CT molecular complexity index is 584. The molecular formula is C15H19BrN4. The second-order valence-corrected chi connectivity index (χ2v) is 6.13. The van der Waals surface area contributed by atoms with E-state index in [0.717, 1.165) is 16.8 Å². The Kier molecular flexibility index (Phi) is 4.73. The summed E-state index contributed by atoms with van der Waals surface area (Å²) < 4.78 is 1.12. The molecule has 0 aliphatic heterocycles. The summed E-state index contributed by atoms with van der Waals surface area (Å²) in [6, 6.07) is 10.1. The van der Waals surface area contributed by atoms with Gasteiger partial charge in [0, 0.05) is 22.6 Å². The molecule has 106 valence electrons. The van der Waals surface area contributed by atoms with E-state index >= 15 is 0 Å². The van der Waals surface area contributed by atoms with Gasteiger partial charge in [-0.2, -0.15) is 0 Å². The molecule has 0 aliphatic carbocycles. The van der Waals surface area contributed by atoms with Crippen molar-refractivity contribution in [2.24, 2.45) is 5.73 Å². The molecule has 2 aromatic rings. The predicted molar refractivity (Wildman–Crippen MR) is 85.6 cm³/mol. The molecule has 4 nitrogen and oxygen atoms in total. The van der Waals surface area contributed by atoms with E-state index in [-0.39, 0.29) is 5.41 Å². The third kappa shape index (κ3) is 3.55. The number of anilines is 1. The zero-order chi connectivity index (χ0) is 14.6. The zero-order valence-electron chi connectivity index (χ0n) is 11.7. The van der Waals surface area contributed by atoms with Crippen LogP contribution in [-0.2, 0) is 12.0 Å². The van der Waals surface area contributed by atoms with Gasteiger partial charge in [0.15, 0.2) is 0 Å². The Labute approximate surface area is 128 Å². The van der Waals surface area contributed by atoms with Gasteiger partial charge in [0.2, 0.25) is 0 Å². The van der Waals surface area contributed by atoms with Crippen molar-refractivity contribution in [3.8, 4) is 0 Å². The van der Waals surface area contributed by atoms with Crippen LogP contribution in [0.4, 0.5) is 5.82 Å². The lowest BCUT2D eigenvalue weighted by molar-refractivity contribution is 0.553. The second kappa shape index (κ2) is 6.33. The summed E-state index contributed by atoms with van der Waals surface area (Å²) in [5.74, 6) is 1.45. The number of nitrogens with one attached hydrogen (secondary N) is 1. The average Bonchev–Trinajstić information content (AvgIpc) is 2.46. The number of halogens is 1. The van der Waals surface area contributed by atoms with Crippen molar-refractivity contribution in [2.75, 3.05) is 11.9 Å². The lowest BCUT2D eigenvalue weighted by Crippen LogP contribution is -2.28. The maximum Gasteiger partial charge on any atom is 0.144 e. The standard InChI is InChI=1S/C15H19BrN4/c1-15(2,11-5-3-4-6-12(11)16)10-19-13-7-8-18-14(9-17)20-13/h3-8H,9-10,17H2,1-2H3,(H,18,19,20). The molecule has 20 heavy (non-hydrogen) atoms. The molecule has 0 bridgehead atoms. The summed E-state index contributed by atoms with van der Waals surface area (Å²) >= 11 is 3.61. The van der Waals surface area contributed by atoms with E-state index in [2.05, 4.69) is 63.3 Å². The maximum atomic E-state index is 5.55. The van der Waals surface area contributed by atoms with Gasteiger partial charge in [0.1, 0.15) is 11.6 Å². The molecule has 0 saturated heterocycles. The Morgan fingerprint density at radius 3 is 2.70 bits per heavy atom. The topological polar surface area (TPSA) is 63.8 Å². The van der Waals surface area contributed by atoms with Crippen LogP contribution in [0, 0.1) is 0 Å². The minimum atomic E-state index is -0.0199. The number of aromatic nitrogens is 2. The first kappa shape index (κ1) is 14.9. The van der Waals surface area contributed by atoms with E-state index in [1.54, 1.807) is 6.20 Å². The molecule has 0 spiro atoms. The van der Waals surface area contributed by atoms with Gasteiger partial charge >= 0.3 is 0 Å². The number of hydrogen-bond acceptors (Lipinski definition) is 4. The van der Waals surface area contributed by atoms with Gasteiger partial charge in [-0.3, -0.25) is 0 Å². The summed E-state index contributed by atoms with van der Waals surface area (Å²) in [5, 5.41) is 3.36. The van der Waals surface area contributed by atoms with E-state index < -0.39 is 0 Å². The van der Waals surface area contributed by atoms with E-state index in [1.165, 1.54) is 5.56 Å². The minimum Gasteiger partial charge on any atom is -0.369 e. The van der Waals surface area contributed by atoms with Crippen molar-refractivity contribution in [2.45, 2.75) is 25.8 Å². The molecule has 0 aliphatic rings. The fourth-order valence-corrected chi connectivity index (χ4v) is 2.83. The fraction of sp³-hybridized carbons (Fsp3) is 0.333. The number of hydrogen-bond donors (Lipinski definition) is 2. The van der Waals surface area contributed by atoms with Crippen molar-refractivity contribution < 1.29 is 0 Å². The monoisotopic (exact) mass is 334 g/mol. The summed E-state index contributed by atoms with van der Waals surface area (Å²) in [4.78, 5) is 8.44. The molecule has 0 atom stereocenters. The third-order valence-electron chi connectivity index (χ3n) is 3.20. The Morgan fingerprint density at radius 1 is 1.25 bits per heavy atom. The molecule has 2 rings (SSSR count). The van der Waals surface area contributed by atoms with Gasteiger partial charge in [-0.05, 0) is 17.7 Å². The molecule has 1 heterocycles. The SMILES string of the molecule is CC(C)(CNc1ccnc(CN)n1)c1ccccc1Br. The van der Waals surface area contributed by atoms with Crippen LogP contribution in [-0.4, -0.2) is 16.5 Å². The number of nitrogens with two attached hydrogens (primary N) is 1. The van der Waals surface area contributed by atoms with Crippen LogP contribution in [0.15, 0.2) is 41.0 Å². The lowest BCUT2D eigenvalue weighted by atomic mass is 9.84. The molecule has 0 fully saturated rings. The first-order valence-corrected chi connectivity index (χ1v) is 7.33. The Hall–Kier alpha value is -1.46. The van der Waals surface area contributed by atoms with Crippen LogP contribution in [0.2, 0.25) is 0 Å². The number of rotatable bonds is 5. The quantitative estimate of drug-likeness (QED) is 0.881. The van der Waals surface area contributed by atoms with Gasteiger partial charge in [-0.1, -0.05) is 48.0 Å². The van der Waals surface area contributed by atoms with Crippen LogP contribution in [0.5, 0.6) is 0 Å². The molecule has 1 aromatic heterocycles. The van der Waals surface area contributed by atoms with Gasteiger partial charge in [0.05, 0.1) is 6.54 Å². The van der Waals surface area contributed by atoms with Crippen LogP contribution in [0.25, 0.3) is 0 Å². The summed E-state index contributed by atoms with van der Waals surface area (Å²) in [6.45, 7) is 5.52. The third-order valence-corrected chi connectivity index (χ3v) is 3.89. The molecular weight excluding hydrogens is 316 g/mol. The highest BCUT2D eigenvalue weighted by Crippen LogP contribution is 2.30. The highest BCUT2D eigenvalue weighted by molar-refractivity contribution is 9.10. The van der Waals surface area contributed by atoms with Gasteiger partial charge in [-0.15, -0.1) is 0 Å². The van der Waals surface area contributed by atoms with Crippen LogP contribution in [0.3, 0.4) is 0 Å². The second-order valence-electron chi connectivity index (χ2n) is 5.28. The molecule has 0 unspecified atom stereocenters. The Balaban J connectivity index is 2.11. The first-order valence-electron chi connectivity index (χ1n) is 6.54. The molecule has 5 heteroatoms. The average molecular weight is 335 g/mol. The van der Waals surface area contributed by atoms with Gasteiger partial charge < -0.3 is 11.1 Å². The molecule has 0 amide bonds. The van der Waals surface area contributed by atoms with Crippen molar-refractivity contribution >= 4 is 21.7 Å². The molecule has 3 N–H and O–H groups in total. The van der Waals surface area contributed by atoms with E-state index in [1.807, 2.05) is 12.1 Å². The number of nitrogens with zero attached hydrogens (tertiary/aromatic N) is 2. The van der Waals surface area contributed by atoms with Crippen LogP contribution >= 0.6 is 15.9 Å². The maximum absolute atomic E-state index is 5.55. The normalized spacial score (nSPS) is 11.4. The first-order chi connectivity index (χ1) is 9.53. The van der Waals surface area contributed by atoms with E-state index in [4.69, 9.17) is 5.73 Å². The van der Waals surface area contributed by atoms with Crippen LogP contribution < -0.4 is 11.1 Å². The van der Waals surface area contributed by atoms with E-state index in [9.17, 15) is 0 Å². The Morgan fingerprint density at radius 2 is 2.00 bits per heavy atom. The highest BCUT2D eigenvalue weighted by atomic mass is 79.9. The number of benzene rings is 1. The van der Waals surface area contributed by atoms with Crippen molar-refractivity contribution in [1.82, 2.24) is 9.97 Å². The van der Waals surface area contributed by atoms with Crippen LogP contribution in [0.1, 0.15) is 25.2 Å². The van der Waals surface area contributed by atoms with Gasteiger partial charge in [-0.25, -0.2) is 9.97 Å². The lowest BCUT2D eigenvalue weighted by Gasteiger charge is -2.27. The molecule has 0 radical (unpaired) electrons. The largest absolute Gasteiger partial charge is 0.369 e. The highest BCUT2D eigenvalue weighted by Gasteiger charge is 2.22. The molecule has 1 aromatic carbocycles. The van der Waals surface area contributed by atoms with E-state index in [0.29, 0.717) is 12.4 Å². The van der Waals surface area contributed by atoms with Gasteiger partial charge in [0.25, 0.3) is 0 Å². The predicted octanol–water partition coefficient (Wildman–Crippen LogP) is 3.09.